The number of hydrogen-bond acceptors (Lipinski definition) is 2. The number of amides is 2. The highest BCUT2D eigenvalue weighted by atomic mass is 35.5. The highest BCUT2D eigenvalue weighted by molar-refractivity contribution is 6.30. The first-order chi connectivity index (χ1) is 14.4. The second-order valence-corrected chi connectivity index (χ2v) is 9.04. The lowest BCUT2D eigenvalue weighted by Crippen LogP contribution is -2.40. The van der Waals surface area contributed by atoms with Crippen molar-refractivity contribution in [2.24, 2.45) is 11.8 Å². The molecule has 5 heteroatoms. The van der Waals surface area contributed by atoms with Gasteiger partial charge in [-0.2, -0.15) is 0 Å². The normalized spacial score (nSPS) is 15.8. The van der Waals surface area contributed by atoms with Crippen molar-refractivity contribution in [2.45, 2.75) is 45.6 Å². The summed E-state index contributed by atoms with van der Waals surface area (Å²) in [6, 6.07) is 17.0. The molecule has 2 aromatic rings. The minimum absolute atomic E-state index is 0.0581. The molecule has 0 aliphatic carbocycles. The Morgan fingerprint density at radius 1 is 1.03 bits per heavy atom. The Kier molecular flexibility index (Phi) is 7.92. The molecule has 2 amide bonds. The molecule has 0 radical (unpaired) electrons. The van der Waals surface area contributed by atoms with Gasteiger partial charge in [-0.15, -0.1) is 0 Å². The van der Waals surface area contributed by atoms with Crippen LogP contribution in [0.1, 0.15) is 61.5 Å². The maximum atomic E-state index is 12.8. The van der Waals surface area contributed by atoms with Crippen molar-refractivity contribution in [1.29, 1.82) is 0 Å². The molecular weight excluding hydrogens is 396 g/mol. The molecule has 1 unspecified atom stereocenters. The summed E-state index contributed by atoms with van der Waals surface area (Å²) < 4.78 is 0. The second-order valence-electron chi connectivity index (χ2n) is 8.60. The Morgan fingerprint density at radius 2 is 1.67 bits per heavy atom. The Hall–Kier alpha value is -2.33. The van der Waals surface area contributed by atoms with Gasteiger partial charge < -0.3 is 10.2 Å². The van der Waals surface area contributed by atoms with Gasteiger partial charge in [0.25, 0.3) is 5.91 Å². The van der Waals surface area contributed by atoms with Gasteiger partial charge in [0.2, 0.25) is 5.91 Å². The van der Waals surface area contributed by atoms with Crippen molar-refractivity contribution in [1.82, 2.24) is 10.2 Å². The van der Waals surface area contributed by atoms with Gasteiger partial charge in [-0.25, -0.2) is 0 Å². The molecule has 1 heterocycles. The zero-order chi connectivity index (χ0) is 21.5. The lowest BCUT2D eigenvalue weighted by atomic mass is 9.87. The van der Waals surface area contributed by atoms with E-state index in [-0.39, 0.29) is 17.9 Å². The van der Waals surface area contributed by atoms with Crippen LogP contribution in [-0.4, -0.2) is 29.8 Å². The van der Waals surface area contributed by atoms with Crippen LogP contribution in [0.2, 0.25) is 5.02 Å². The van der Waals surface area contributed by atoms with Crippen molar-refractivity contribution in [3.05, 3.63) is 70.7 Å². The molecule has 3 rings (SSSR count). The van der Waals surface area contributed by atoms with Crippen LogP contribution in [0.4, 0.5) is 0 Å². The Bertz CT molecular complexity index is 828. The maximum absolute atomic E-state index is 12.8. The fourth-order valence-corrected chi connectivity index (χ4v) is 4.16. The topological polar surface area (TPSA) is 49.4 Å². The van der Waals surface area contributed by atoms with Crippen LogP contribution in [0.3, 0.4) is 0 Å². The summed E-state index contributed by atoms with van der Waals surface area (Å²) in [5, 5.41) is 3.83. The van der Waals surface area contributed by atoms with Crippen LogP contribution in [-0.2, 0) is 4.79 Å². The van der Waals surface area contributed by atoms with Crippen molar-refractivity contribution in [2.75, 3.05) is 13.1 Å². The molecule has 1 atom stereocenters. The number of nitrogens with one attached hydrogen (secondary N) is 1. The van der Waals surface area contributed by atoms with Gasteiger partial charge in [0.1, 0.15) is 0 Å². The minimum atomic E-state index is -0.0925. The number of benzene rings is 2. The van der Waals surface area contributed by atoms with Crippen LogP contribution in [0.15, 0.2) is 54.6 Å². The van der Waals surface area contributed by atoms with E-state index in [1.54, 1.807) is 24.3 Å². The Balaban J connectivity index is 1.63. The average molecular weight is 427 g/mol. The second kappa shape index (κ2) is 10.6. The molecular formula is C25H31ClN2O2. The number of halogens is 1. The quantitative estimate of drug-likeness (QED) is 0.636. The zero-order valence-electron chi connectivity index (χ0n) is 17.8. The van der Waals surface area contributed by atoms with Crippen LogP contribution < -0.4 is 5.32 Å². The molecule has 1 N–H and O–H groups in total. The summed E-state index contributed by atoms with van der Waals surface area (Å²) in [4.78, 5) is 27.2. The predicted octanol–water partition coefficient (Wildman–Crippen LogP) is 5.49. The van der Waals surface area contributed by atoms with Gasteiger partial charge in [-0.1, -0.05) is 55.8 Å². The summed E-state index contributed by atoms with van der Waals surface area (Å²) in [6.45, 7) is 5.78. The van der Waals surface area contributed by atoms with E-state index in [0.29, 0.717) is 28.8 Å². The van der Waals surface area contributed by atoms with E-state index in [2.05, 4.69) is 31.3 Å². The van der Waals surface area contributed by atoms with Gasteiger partial charge in [-0.05, 0) is 60.9 Å². The average Bonchev–Trinajstić information content (AvgIpc) is 2.74. The Morgan fingerprint density at radius 3 is 2.27 bits per heavy atom. The van der Waals surface area contributed by atoms with E-state index >= 15 is 0 Å². The lowest BCUT2D eigenvalue weighted by Gasteiger charge is -2.34. The molecule has 0 bridgehead atoms. The Labute approximate surface area is 184 Å². The van der Waals surface area contributed by atoms with Crippen molar-refractivity contribution in [3.8, 4) is 0 Å². The van der Waals surface area contributed by atoms with E-state index < -0.39 is 0 Å². The van der Waals surface area contributed by atoms with Gasteiger partial charge in [0, 0.05) is 30.1 Å². The zero-order valence-corrected chi connectivity index (χ0v) is 18.6. The molecule has 1 fully saturated rings. The molecule has 30 heavy (non-hydrogen) atoms. The number of piperidine rings is 1. The third kappa shape index (κ3) is 6.33. The lowest BCUT2D eigenvalue weighted by molar-refractivity contribution is -0.133. The van der Waals surface area contributed by atoms with Gasteiger partial charge >= 0.3 is 0 Å². The summed E-state index contributed by atoms with van der Waals surface area (Å²) in [5.41, 5.74) is 1.72. The smallest absolute Gasteiger partial charge is 0.251 e. The van der Waals surface area contributed by atoms with Gasteiger partial charge in [0.15, 0.2) is 0 Å². The monoisotopic (exact) mass is 426 g/mol. The predicted molar refractivity (Wildman–Crippen MR) is 121 cm³/mol. The van der Waals surface area contributed by atoms with Gasteiger partial charge in [0.05, 0.1) is 6.04 Å². The third-order valence-electron chi connectivity index (χ3n) is 5.73. The highest BCUT2D eigenvalue weighted by Crippen LogP contribution is 2.29. The fraction of sp³-hybridized carbons (Fsp3) is 0.440. The van der Waals surface area contributed by atoms with Crippen molar-refractivity contribution >= 4 is 23.4 Å². The molecule has 0 saturated carbocycles. The first-order valence-electron chi connectivity index (χ1n) is 10.8. The number of nitrogens with zero attached hydrogens (tertiary/aromatic N) is 1. The minimum Gasteiger partial charge on any atom is -0.345 e. The SMILES string of the molecule is CC(C)CC(=O)N1CCC(CC(NC(=O)c2ccc(Cl)cc2)c2ccccc2)CC1. The largest absolute Gasteiger partial charge is 0.345 e. The number of carbonyl (C=O) groups excluding carboxylic acids is 2. The maximum Gasteiger partial charge on any atom is 0.251 e. The van der Waals surface area contributed by atoms with E-state index in [1.807, 2.05) is 23.1 Å². The fourth-order valence-electron chi connectivity index (χ4n) is 4.04. The van der Waals surface area contributed by atoms with Gasteiger partial charge in [-0.3, -0.25) is 9.59 Å². The molecule has 1 aliphatic rings. The summed E-state index contributed by atoms with van der Waals surface area (Å²) in [5.74, 6) is 1.04. The third-order valence-corrected chi connectivity index (χ3v) is 5.98. The first-order valence-corrected chi connectivity index (χ1v) is 11.2. The molecule has 1 saturated heterocycles. The summed E-state index contributed by atoms with van der Waals surface area (Å²) in [7, 11) is 0. The standard InChI is InChI=1S/C25H31ClN2O2/c1-18(2)16-24(29)28-14-12-19(13-15-28)17-23(20-6-4-3-5-7-20)27-25(30)21-8-10-22(26)11-9-21/h3-11,18-19,23H,12-17H2,1-2H3,(H,27,30). The first kappa shape index (κ1) is 22.4. The van der Waals surface area contributed by atoms with E-state index in [9.17, 15) is 9.59 Å². The van der Waals surface area contributed by atoms with E-state index in [0.717, 1.165) is 37.9 Å². The molecule has 2 aromatic carbocycles. The number of carbonyl (C=O) groups is 2. The van der Waals surface area contributed by atoms with Crippen molar-refractivity contribution < 1.29 is 9.59 Å². The summed E-state index contributed by atoms with van der Waals surface area (Å²) in [6.07, 6.45) is 3.44. The molecule has 0 spiro atoms. The molecule has 4 nitrogen and oxygen atoms in total. The number of hydrogen-bond donors (Lipinski definition) is 1. The molecule has 1 aliphatic heterocycles. The van der Waals surface area contributed by atoms with Crippen LogP contribution in [0, 0.1) is 11.8 Å². The summed E-state index contributed by atoms with van der Waals surface area (Å²) >= 11 is 5.95. The van der Waals surface area contributed by atoms with E-state index in [1.165, 1.54) is 0 Å². The number of likely N-dealkylation sites (tertiary alicyclic amines) is 1. The number of rotatable bonds is 7. The van der Waals surface area contributed by atoms with Crippen LogP contribution >= 0.6 is 11.6 Å². The highest BCUT2D eigenvalue weighted by Gasteiger charge is 2.26. The van der Waals surface area contributed by atoms with Crippen molar-refractivity contribution in [3.63, 3.8) is 0 Å². The van der Waals surface area contributed by atoms with Crippen LogP contribution in [0.5, 0.6) is 0 Å². The van der Waals surface area contributed by atoms with E-state index in [4.69, 9.17) is 11.6 Å². The molecule has 0 aromatic heterocycles. The van der Waals surface area contributed by atoms with Crippen LogP contribution in [0.25, 0.3) is 0 Å². The molecule has 160 valence electrons.